The lowest BCUT2D eigenvalue weighted by Crippen LogP contribution is -2.15. The average Bonchev–Trinajstić information content (AvgIpc) is 2.78. The summed E-state index contributed by atoms with van der Waals surface area (Å²) in [6, 6.07) is 8.61. The summed E-state index contributed by atoms with van der Waals surface area (Å²) in [5.41, 5.74) is 1.25. The molecular formula is C13H19NO2. The molecular weight excluding hydrogens is 202 g/mol. The van der Waals surface area contributed by atoms with Gasteiger partial charge in [0.2, 0.25) is 0 Å². The molecule has 3 nitrogen and oxygen atoms in total. The third-order valence-electron chi connectivity index (χ3n) is 3.14. The molecule has 2 rings (SSSR count). The molecule has 2 unspecified atom stereocenters. The Balaban J connectivity index is 2.08. The maximum atomic E-state index is 5.38. The molecule has 0 spiro atoms. The van der Waals surface area contributed by atoms with Crippen LogP contribution < -0.4 is 10.1 Å². The lowest BCUT2D eigenvalue weighted by molar-refractivity contribution is 0.159. The number of rotatable bonds is 4. The van der Waals surface area contributed by atoms with Crippen LogP contribution in [0, 0.1) is 5.92 Å². The molecule has 0 bridgehead atoms. The summed E-state index contributed by atoms with van der Waals surface area (Å²) >= 11 is 0. The van der Waals surface area contributed by atoms with Gasteiger partial charge in [-0.1, -0.05) is 18.2 Å². The lowest BCUT2D eigenvalue weighted by Gasteiger charge is -2.14. The van der Waals surface area contributed by atoms with Crippen molar-refractivity contribution < 1.29 is 9.47 Å². The summed E-state index contributed by atoms with van der Waals surface area (Å²) in [6.45, 7) is 1.86. The third kappa shape index (κ3) is 2.36. The van der Waals surface area contributed by atoms with Crippen molar-refractivity contribution in [3.8, 4) is 5.75 Å². The third-order valence-corrected chi connectivity index (χ3v) is 3.14. The molecule has 0 aromatic heterocycles. The van der Waals surface area contributed by atoms with Crippen LogP contribution in [0.15, 0.2) is 24.3 Å². The highest BCUT2D eigenvalue weighted by molar-refractivity contribution is 5.36. The summed E-state index contributed by atoms with van der Waals surface area (Å²) < 4.78 is 10.6. The van der Waals surface area contributed by atoms with Gasteiger partial charge in [0.05, 0.1) is 13.7 Å². The van der Waals surface area contributed by atoms with E-state index in [1.165, 1.54) is 5.56 Å². The number of para-hydroxylation sites is 1. The van der Waals surface area contributed by atoms with Crippen LogP contribution >= 0.6 is 0 Å². The highest BCUT2D eigenvalue weighted by Crippen LogP contribution is 2.32. The van der Waals surface area contributed by atoms with Crippen molar-refractivity contribution >= 4 is 0 Å². The summed E-state index contributed by atoms with van der Waals surface area (Å²) in [5.74, 6) is 1.58. The fourth-order valence-electron chi connectivity index (χ4n) is 2.36. The number of ether oxygens (including phenoxy) is 2. The van der Waals surface area contributed by atoms with Crippen molar-refractivity contribution in [2.75, 3.05) is 27.4 Å². The Labute approximate surface area is 96.8 Å². The molecule has 0 aliphatic carbocycles. The second-order valence-electron chi connectivity index (χ2n) is 4.26. The minimum absolute atomic E-state index is 0.399. The Morgan fingerprint density at radius 1 is 1.31 bits per heavy atom. The van der Waals surface area contributed by atoms with Crippen LogP contribution in [0.5, 0.6) is 5.75 Å². The SMILES string of the molecule is COCC1CNC(c2ccccc2OC)C1. The fraction of sp³-hybridized carbons (Fsp3) is 0.538. The molecule has 1 aliphatic heterocycles. The number of nitrogens with one attached hydrogen (secondary N) is 1. The van der Waals surface area contributed by atoms with Crippen molar-refractivity contribution in [2.45, 2.75) is 12.5 Å². The van der Waals surface area contributed by atoms with E-state index in [1.807, 2.05) is 12.1 Å². The molecule has 1 aromatic rings. The van der Waals surface area contributed by atoms with E-state index in [-0.39, 0.29) is 0 Å². The zero-order chi connectivity index (χ0) is 11.4. The molecule has 16 heavy (non-hydrogen) atoms. The quantitative estimate of drug-likeness (QED) is 0.843. The number of hydrogen-bond donors (Lipinski definition) is 1. The Morgan fingerprint density at radius 2 is 2.12 bits per heavy atom. The molecule has 0 saturated carbocycles. The molecule has 1 heterocycles. The minimum Gasteiger partial charge on any atom is -0.496 e. The first-order valence-corrected chi connectivity index (χ1v) is 5.70. The summed E-state index contributed by atoms with van der Waals surface area (Å²) in [7, 11) is 3.48. The molecule has 0 radical (unpaired) electrons. The summed E-state index contributed by atoms with van der Waals surface area (Å²) in [6.07, 6.45) is 1.12. The molecule has 1 N–H and O–H groups in total. The van der Waals surface area contributed by atoms with Gasteiger partial charge in [0.25, 0.3) is 0 Å². The van der Waals surface area contributed by atoms with Crippen LogP contribution in [-0.4, -0.2) is 27.4 Å². The predicted octanol–water partition coefficient (Wildman–Crippen LogP) is 1.99. The monoisotopic (exact) mass is 221 g/mol. The Morgan fingerprint density at radius 3 is 2.88 bits per heavy atom. The molecule has 3 heteroatoms. The second-order valence-corrected chi connectivity index (χ2v) is 4.26. The van der Waals surface area contributed by atoms with Crippen LogP contribution in [0.25, 0.3) is 0 Å². The normalized spacial score (nSPS) is 24.6. The van der Waals surface area contributed by atoms with Gasteiger partial charge in [0, 0.05) is 25.3 Å². The van der Waals surface area contributed by atoms with E-state index in [0.29, 0.717) is 12.0 Å². The van der Waals surface area contributed by atoms with Crippen LogP contribution in [0.3, 0.4) is 0 Å². The van der Waals surface area contributed by atoms with Gasteiger partial charge in [-0.15, -0.1) is 0 Å². The summed E-state index contributed by atoms with van der Waals surface area (Å²) in [4.78, 5) is 0. The van der Waals surface area contributed by atoms with E-state index >= 15 is 0 Å². The van der Waals surface area contributed by atoms with Crippen LogP contribution in [0.4, 0.5) is 0 Å². The van der Waals surface area contributed by atoms with Gasteiger partial charge < -0.3 is 14.8 Å². The average molecular weight is 221 g/mol. The summed E-state index contributed by atoms with van der Waals surface area (Å²) in [5, 5.41) is 3.52. The topological polar surface area (TPSA) is 30.5 Å². The standard InChI is InChI=1S/C13H19NO2/c1-15-9-10-7-12(14-8-10)11-5-3-4-6-13(11)16-2/h3-6,10,12,14H,7-9H2,1-2H3. The Hall–Kier alpha value is -1.06. The van der Waals surface area contributed by atoms with E-state index in [9.17, 15) is 0 Å². The zero-order valence-electron chi connectivity index (χ0n) is 9.90. The molecule has 0 amide bonds. The molecule has 1 fully saturated rings. The Kier molecular flexibility index (Phi) is 3.80. The van der Waals surface area contributed by atoms with Gasteiger partial charge in [-0.05, 0) is 18.4 Å². The van der Waals surface area contributed by atoms with Gasteiger partial charge in [-0.3, -0.25) is 0 Å². The van der Waals surface area contributed by atoms with Crippen molar-refractivity contribution in [1.82, 2.24) is 5.32 Å². The largest absolute Gasteiger partial charge is 0.496 e. The smallest absolute Gasteiger partial charge is 0.123 e. The molecule has 2 atom stereocenters. The number of hydrogen-bond acceptors (Lipinski definition) is 3. The highest BCUT2D eigenvalue weighted by atomic mass is 16.5. The number of methoxy groups -OCH3 is 2. The maximum Gasteiger partial charge on any atom is 0.123 e. The van der Waals surface area contributed by atoms with Crippen molar-refractivity contribution in [3.63, 3.8) is 0 Å². The second kappa shape index (κ2) is 5.32. The fourth-order valence-corrected chi connectivity index (χ4v) is 2.36. The van der Waals surface area contributed by atoms with Crippen molar-refractivity contribution in [2.24, 2.45) is 5.92 Å². The lowest BCUT2D eigenvalue weighted by atomic mass is 10.00. The Bertz CT molecular complexity index is 340. The minimum atomic E-state index is 0.399. The predicted molar refractivity (Wildman–Crippen MR) is 63.7 cm³/mol. The van der Waals surface area contributed by atoms with Gasteiger partial charge in [0.15, 0.2) is 0 Å². The molecule has 1 aromatic carbocycles. The molecule has 88 valence electrons. The van der Waals surface area contributed by atoms with Crippen LogP contribution in [-0.2, 0) is 4.74 Å². The van der Waals surface area contributed by atoms with E-state index in [1.54, 1.807) is 14.2 Å². The first-order valence-electron chi connectivity index (χ1n) is 5.70. The van der Waals surface area contributed by atoms with Gasteiger partial charge in [0.1, 0.15) is 5.75 Å². The highest BCUT2D eigenvalue weighted by Gasteiger charge is 2.26. The van der Waals surface area contributed by atoms with E-state index in [0.717, 1.165) is 25.3 Å². The van der Waals surface area contributed by atoms with E-state index in [2.05, 4.69) is 17.4 Å². The van der Waals surface area contributed by atoms with Crippen molar-refractivity contribution in [1.29, 1.82) is 0 Å². The van der Waals surface area contributed by atoms with Gasteiger partial charge >= 0.3 is 0 Å². The van der Waals surface area contributed by atoms with Gasteiger partial charge in [-0.25, -0.2) is 0 Å². The number of benzene rings is 1. The first kappa shape index (κ1) is 11.4. The van der Waals surface area contributed by atoms with Crippen LogP contribution in [0.2, 0.25) is 0 Å². The maximum absolute atomic E-state index is 5.38. The molecule has 1 saturated heterocycles. The molecule has 1 aliphatic rings. The van der Waals surface area contributed by atoms with Crippen molar-refractivity contribution in [3.05, 3.63) is 29.8 Å². The first-order chi connectivity index (χ1) is 7.85. The van der Waals surface area contributed by atoms with E-state index in [4.69, 9.17) is 9.47 Å². The van der Waals surface area contributed by atoms with Crippen LogP contribution in [0.1, 0.15) is 18.0 Å². The van der Waals surface area contributed by atoms with E-state index < -0.39 is 0 Å². The zero-order valence-corrected chi connectivity index (χ0v) is 9.90. The van der Waals surface area contributed by atoms with Gasteiger partial charge in [-0.2, -0.15) is 0 Å².